The largest absolute Gasteiger partial charge is 0.494 e. The molecule has 0 atom stereocenters. The molecule has 2 rings (SSSR count). The fourth-order valence-electron chi connectivity index (χ4n) is 2.02. The lowest BCUT2D eigenvalue weighted by atomic mass is 10.2. The molecule has 0 aliphatic carbocycles. The number of nitrogens with one attached hydrogen (secondary N) is 1. The van der Waals surface area contributed by atoms with E-state index in [2.05, 4.69) is 10.1 Å². The van der Waals surface area contributed by atoms with Gasteiger partial charge < -0.3 is 14.8 Å². The second-order valence-corrected chi connectivity index (χ2v) is 5.44. The van der Waals surface area contributed by atoms with Crippen LogP contribution in [0.4, 0.5) is 5.69 Å². The van der Waals surface area contributed by atoms with Gasteiger partial charge in [-0.2, -0.15) is 0 Å². The van der Waals surface area contributed by atoms with Gasteiger partial charge in [0.05, 0.1) is 19.3 Å². The van der Waals surface area contributed by atoms with Crippen LogP contribution in [-0.4, -0.2) is 26.2 Å². The van der Waals surface area contributed by atoms with Gasteiger partial charge in [0.2, 0.25) is 0 Å². The van der Waals surface area contributed by atoms with Gasteiger partial charge in [-0.25, -0.2) is 4.79 Å². The summed E-state index contributed by atoms with van der Waals surface area (Å²) in [5.41, 5.74) is 1.58. The molecule has 0 spiro atoms. The van der Waals surface area contributed by atoms with Crippen molar-refractivity contribution < 1.29 is 14.3 Å². The van der Waals surface area contributed by atoms with Crippen LogP contribution < -0.4 is 10.1 Å². The number of unbranched alkanes of at least 4 members (excludes halogenated alkanes) is 1. The van der Waals surface area contributed by atoms with E-state index < -0.39 is 0 Å². The first-order valence-corrected chi connectivity index (χ1v) is 7.87. The third-order valence-corrected chi connectivity index (χ3v) is 3.54. The molecule has 122 valence electrons. The molecule has 0 amide bonds. The van der Waals surface area contributed by atoms with Crippen molar-refractivity contribution >= 4 is 23.3 Å². The lowest BCUT2D eigenvalue weighted by molar-refractivity contribution is 0.0600. The van der Waals surface area contributed by atoms with Crippen molar-refractivity contribution in [3.63, 3.8) is 0 Å². The topological polar surface area (TPSA) is 47.6 Å². The first-order valence-electron chi connectivity index (χ1n) is 7.49. The number of rotatable bonds is 8. The Morgan fingerprint density at radius 3 is 2.39 bits per heavy atom. The zero-order chi connectivity index (χ0) is 16.5. The highest BCUT2D eigenvalue weighted by Gasteiger charge is 2.04. The van der Waals surface area contributed by atoms with Crippen LogP contribution in [0.1, 0.15) is 23.2 Å². The summed E-state index contributed by atoms with van der Waals surface area (Å²) >= 11 is 5.84. The Morgan fingerprint density at radius 2 is 1.74 bits per heavy atom. The van der Waals surface area contributed by atoms with Crippen LogP contribution in [0.2, 0.25) is 5.02 Å². The zero-order valence-electron chi connectivity index (χ0n) is 13.0. The van der Waals surface area contributed by atoms with E-state index in [1.54, 1.807) is 24.3 Å². The molecule has 0 radical (unpaired) electrons. The molecule has 2 aromatic rings. The van der Waals surface area contributed by atoms with Crippen LogP contribution in [-0.2, 0) is 4.74 Å². The summed E-state index contributed by atoms with van der Waals surface area (Å²) in [5.74, 6) is 0.410. The van der Waals surface area contributed by atoms with Crippen LogP contribution in [0.3, 0.4) is 0 Å². The Balaban J connectivity index is 1.61. The Kier molecular flexibility index (Phi) is 6.76. The number of esters is 1. The van der Waals surface area contributed by atoms with Gasteiger partial charge in [0.15, 0.2) is 0 Å². The smallest absolute Gasteiger partial charge is 0.337 e. The molecule has 0 unspecified atom stereocenters. The summed E-state index contributed by atoms with van der Waals surface area (Å²) in [6.07, 6.45) is 1.95. The molecule has 0 saturated carbocycles. The number of ether oxygens (including phenoxy) is 2. The molecular weight excluding hydrogens is 314 g/mol. The van der Waals surface area contributed by atoms with Crippen LogP contribution in [0.25, 0.3) is 0 Å². The Morgan fingerprint density at radius 1 is 1.04 bits per heavy atom. The molecule has 0 bridgehead atoms. The number of anilines is 1. The van der Waals surface area contributed by atoms with E-state index in [4.69, 9.17) is 16.3 Å². The number of hydrogen-bond donors (Lipinski definition) is 1. The van der Waals surface area contributed by atoms with Gasteiger partial charge in [0, 0.05) is 17.3 Å². The van der Waals surface area contributed by atoms with Crippen molar-refractivity contribution in [3.05, 3.63) is 59.1 Å². The van der Waals surface area contributed by atoms with Gasteiger partial charge in [0.1, 0.15) is 5.75 Å². The quantitative estimate of drug-likeness (QED) is 0.574. The number of carbonyl (C=O) groups excluding carboxylic acids is 1. The van der Waals surface area contributed by atoms with Gasteiger partial charge in [-0.3, -0.25) is 0 Å². The highest BCUT2D eigenvalue weighted by atomic mass is 35.5. The fourth-order valence-corrected chi connectivity index (χ4v) is 2.15. The van der Waals surface area contributed by atoms with Gasteiger partial charge in [-0.1, -0.05) is 11.6 Å². The van der Waals surface area contributed by atoms with E-state index in [-0.39, 0.29) is 5.97 Å². The summed E-state index contributed by atoms with van der Waals surface area (Å²) in [6.45, 7) is 1.52. The molecule has 5 heteroatoms. The predicted octanol–water partition coefficient (Wildman–Crippen LogP) is 4.40. The van der Waals surface area contributed by atoms with E-state index in [1.165, 1.54) is 7.11 Å². The summed E-state index contributed by atoms with van der Waals surface area (Å²) < 4.78 is 10.3. The van der Waals surface area contributed by atoms with Crippen molar-refractivity contribution in [2.75, 3.05) is 25.6 Å². The predicted molar refractivity (Wildman–Crippen MR) is 92.5 cm³/mol. The second kappa shape index (κ2) is 9.06. The first-order chi connectivity index (χ1) is 11.2. The zero-order valence-corrected chi connectivity index (χ0v) is 13.8. The first kappa shape index (κ1) is 17.2. The van der Waals surface area contributed by atoms with Gasteiger partial charge >= 0.3 is 5.97 Å². The molecular formula is C18H20ClNO3. The summed E-state index contributed by atoms with van der Waals surface area (Å²) in [5, 5.41) is 4.07. The maximum Gasteiger partial charge on any atom is 0.337 e. The average Bonchev–Trinajstić information content (AvgIpc) is 2.59. The molecule has 1 N–H and O–H groups in total. The Labute approximate surface area is 141 Å². The number of carbonyl (C=O) groups is 1. The van der Waals surface area contributed by atoms with Crippen molar-refractivity contribution in [3.8, 4) is 5.75 Å². The fraction of sp³-hybridized carbons (Fsp3) is 0.278. The maximum atomic E-state index is 11.3. The number of methoxy groups -OCH3 is 1. The minimum Gasteiger partial charge on any atom is -0.494 e. The standard InChI is InChI=1S/C18H20ClNO3/c1-22-18(21)14-4-10-17(11-5-14)23-13-3-2-12-20-16-8-6-15(19)7-9-16/h4-11,20H,2-3,12-13H2,1H3. The molecule has 0 heterocycles. The van der Waals surface area contributed by atoms with E-state index in [1.807, 2.05) is 24.3 Å². The Bertz CT molecular complexity index is 611. The minimum atomic E-state index is -0.343. The second-order valence-electron chi connectivity index (χ2n) is 5.01. The SMILES string of the molecule is COC(=O)c1ccc(OCCCCNc2ccc(Cl)cc2)cc1. The molecule has 4 nitrogen and oxygen atoms in total. The Hall–Kier alpha value is -2.20. The van der Waals surface area contributed by atoms with Crippen molar-refractivity contribution in [1.29, 1.82) is 0 Å². The summed E-state index contributed by atoms with van der Waals surface area (Å²) in [7, 11) is 1.37. The van der Waals surface area contributed by atoms with Gasteiger partial charge in [-0.15, -0.1) is 0 Å². The van der Waals surface area contributed by atoms with E-state index in [0.717, 1.165) is 35.8 Å². The van der Waals surface area contributed by atoms with Crippen molar-refractivity contribution in [2.45, 2.75) is 12.8 Å². The van der Waals surface area contributed by atoms with Crippen LogP contribution >= 0.6 is 11.6 Å². The third kappa shape index (κ3) is 5.83. The normalized spacial score (nSPS) is 10.2. The summed E-state index contributed by atoms with van der Waals surface area (Å²) in [4.78, 5) is 11.3. The van der Waals surface area contributed by atoms with E-state index in [9.17, 15) is 4.79 Å². The average molecular weight is 334 g/mol. The highest BCUT2D eigenvalue weighted by molar-refractivity contribution is 6.30. The van der Waals surface area contributed by atoms with Crippen molar-refractivity contribution in [2.24, 2.45) is 0 Å². The lowest BCUT2D eigenvalue weighted by Gasteiger charge is -2.08. The molecule has 2 aromatic carbocycles. The van der Waals surface area contributed by atoms with Crippen LogP contribution in [0.15, 0.2) is 48.5 Å². The third-order valence-electron chi connectivity index (χ3n) is 3.29. The van der Waals surface area contributed by atoms with Crippen LogP contribution in [0, 0.1) is 0 Å². The number of benzene rings is 2. The lowest BCUT2D eigenvalue weighted by Crippen LogP contribution is -2.05. The van der Waals surface area contributed by atoms with Crippen molar-refractivity contribution in [1.82, 2.24) is 0 Å². The molecule has 0 saturated heterocycles. The highest BCUT2D eigenvalue weighted by Crippen LogP contribution is 2.14. The molecule has 0 aliphatic heterocycles. The van der Waals surface area contributed by atoms with E-state index >= 15 is 0 Å². The van der Waals surface area contributed by atoms with Gasteiger partial charge in [0.25, 0.3) is 0 Å². The summed E-state index contributed by atoms with van der Waals surface area (Å²) in [6, 6.07) is 14.6. The molecule has 0 aromatic heterocycles. The minimum absolute atomic E-state index is 0.343. The molecule has 23 heavy (non-hydrogen) atoms. The molecule has 0 aliphatic rings. The number of hydrogen-bond acceptors (Lipinski definition) is 4. The molecule has 0 fully saturated rings. The number of halogens is 1. The van der Waals surface area contributed by atoms with E-state index in [0.29, 0.717) is 12.2 Å². The van der Waals surface area contributed by atoms with Gasteiger partial charge in [-0.05, 0) is 61.4 Å². The maximum absolute atomic E-state index is 11.3. The van der Waals surface area contributed by atoms with Crippen LogP contribution in [0.5, 0.6) is 5.75 Å². The monoisotopic (exact) mass is 333 g/mol.